The Labute approximate surface area is 198 Å². The van der Waals surface area contributed by atoms with E-state index in [9.17, 15) is 9.90 Å². The molecule has 1 N–H and O–H groups in total. The Hall–Kier alpha value is -1.51. The normalized spacial score (nSPS) is 12.1. The van der Waals surface area contributed by atoms with Gasteiger partial charge in [0.25, 0.3) is 0 Å². The predicted molar refractivity (Wildman–Crippen MR) is 136 cm³/mol. The lowest BCUT2D eigenvalue weighted by Gasteiger charge is -2.16. The molecule has 0 aliphatic heterocycles. The molecule has 1 rings (SSSR count). The molecule has 0 fully saturated rings. The SMILES string of the molecule is CCCCCCCCCCCCCCCCCCOC(=O)C(CCC)c1ccc(O)cc1. The van der Waals surface area contributed by atoms with Gasteiger partial charge in [-0.2, -0.15) is 0 Å². The quantitative estimate of drug-likeness (QED) is 0.151. The average Bonchev–Trinajstić information content (AvgIpc) is 2.80. The molecule has 0 aromatic heterocycles. The van der Waals surface area contributed by atoms with Crippen molar-refractivity contribution >= 4 is 5.97 Å². The molecular formula is C29H50O3. The number of phenols is 1. The molecule has 0 saturated heterocycles. The molecule has 0 aliphatic rings. The number of esters is 1. The zero-order valence-electron chi connectivity index (χ0n) is 21.1. The number of aromatic hydroxyl groups is 1. The summed E-state index contributed by atoms with van der Waals surface area (Å²) in [5, 5.41) is 9.46. The van der Waals surface area contributed by atoms with Crippen LogP contribution in [0.25, 0.3) is 0 Å². The van der Waals surface area contributed by atoms with Gasteiger partial charge in [-0.25, -0.2) is 0 Å². The molecule has 1 atom stereocenters. The smallest absolute Gasteiger partial charge is 0.313 e. The van der Waals surface area contributed by atoms with E-state index in [-0.39, 0.29) is 17.6 Å². The van der Waals surface area contributed by atoms with Gasteiger partial charge in [-0.3, -0.25) is 4.79 Å². The Morgan fingerprint density at radius 1 is 0.688 bits per heavy atom. The first-order valence-corrected chi connectivity index (χ1v) is 13.6. The van der Waals surface area contributed by atoms with Crippen LogP contribution in [0.2, 0.25) is 0 Å². The number of carbonyl (C=O) groups is 1. The van der Waals surface area contributed by atoms with Crippen molar-refractivity contribution in [1.29, 1.82) is 0 Å². The number of benzene rings is 1. The summed E-state index contributed by atoms with van der Waals surface area (Å²) in [7, 11) is 0. The largest absolute Gasteiger partial charge is 0.508 e. The summed E-state index contributed by atoms with van der Waals surface area (Å²) in [6.45, 7) is 4.88. The first kappa shape index (κ1) is 28.5. The second-order valence-electron chi connectivity index (χ2n) is 9.40. The molecule has 0 spiro atoms. The molecule has 32 heavy (non-hydrogen) atoms. The van der Waals surface area contributed by atoms with Crippen molar-refractivity contribution in [3.63, 3.8) is 0 Å². The van der Waals surface area contributed by atoms with Gasteiger partial charge in [0.1, 0.15) is 5.75 Å². The minimum Gasteiger partial charge on any atom is -0.508 e. The van der Waals surface area contributed by atoms with Gasteiger partial charge in [-0.1, -0.05) is 129 Å². The Morgan fingerprint density at radius 2 is 1.12 bits per heavy atom. The average molecular weight is 447 g/mol. The Morgan fingerprint density at radius 3 is 1.56 bits per heavy atom. The molecule has 0 saturated carbocycles. The van der Waals surface area contributed by atoms with Gasteiger partial charge in [0.15, 0.2) is 0 Å². The van der Waals surface area contributed by atoms with Crippen LogP contribution >= 0.6 is 0 Å². The van der Waals surface area contributed by atoms with Gasteiger partial charge < -0.3 is 9.84 Å². The van der Waals surface area contributed by atoms with Gasteiger partial charge >= 0.3 is 5.97 Å². The van der Waals surface area contributed by atoms with Crippen LogP contribution in [0.15, 0.2) is 24.3 Å². The van der Waals surface area contributed by atoms with Gasteiger partial charge in [0.05, 0.1) is 12.5 Å². The third-order valence-electron chi connectivity index (χ3n) is 6.40. The molecule has 1 unspecified atom stereocenters. The maximum atomic E-state index is 12.5. The zero-order chi connectivity index (χ0) is 23.3. The summed E-state index contributed by atoms with van der Waals surface area (Å²) in [6, 6.07) is 6.93. The van der Waals surface area contributed by atoms with Crippen molar-refractivity contribution in [1.82, 2.24) is 0 Å². The van der Waals surface area contributed by atoms with Crippen LogP contribution in [0.3, 0.4) is 0 Å². The fourth-order valence-corrected chi connectivity index (χ4v) is 4.34. The van der Waals surface area contributed by atoms with Crippen molar-refractivity contribution in [2.45, 2.75) is 135 Å². The van der Waals surface area contributed by atoms with E-state index in [1.807, 2.05) is 12.1 Å². The highest BCUT2D eigenvalue weighted by atomic mass is 16.5. The summed E-state index contributed by atoms with van der Waals surface area (Å²) in [5.41, 5.74) is 0.932. The van der Waals surface area contributed by atoms with Crippen LogP contribution in [-0.2, 0) is 9.53 Å². The second-order valence-corrected chi connectivity index (χ2v) is 9.40. The molecule has 3 heteroatoms. The predicted octanol–water partition coefficient (Wildman–Crippen LogP) is 9.08. The third-order valence-corrected chi connectivity index (χ3v) is 6.40. The van der Waals surface area contributed by atoms with Gasteiger partial charge in [-0.15, -0.1) is 0 Å². The van der Waals surface area contributed by atoms with E-state index in [1.54, 1.807) is 12.1 Å². The molecule has 1 aromatic carbocycles. The minimum atomic E-state index is -0.221. The fraction of sp³-hybridized carbons (Fsp3) is 0.759. The van der Waals surface area contributed by atoms with Gasteiger partial charge in [-0.05, 0) is 30.5 Å². The fourth-order valence-electron chi connectivity index (χ4n) is 4.34. The number of unbranched alkanes of at least 4 members (excludes halogenated alkanes) is 15. The third kappa shape index (κ3) is 14.5. The van der Waals surface area contributed by atoms with Crippen LogP contribution in [0.5, 0.6) is 5.75 Å². The highest BCUT2D eigenvalue weighted by molar-refractivity contribution is 5.78. The lowest BCUT2D eigenvalue weighted by atomic mass is 9.94. The number of phenolic OH excluding ortho intramolecular Hbond substituents is 1. The van der Waals surface area contributed by atoms with Crippen LogP contribution in [0.1, 0.15) is 141 Å². The lowest BCUT2D eigenvalue weighted by Crippen LogP contribution is -2.16. The Kier molecular flexibility index (Phi) is 17.9. The van der Waals surface area contributed by atoms with Crippen LogP contribution in [-0.4, -0.2) is 17.7 Å². The highest BCUT2D eigenvalue weighted by Gasteiger charge is 2.21. The molecule has 0 bridgehead atoms. The topological polar surface area (TPSA) is 46.5 Å². The molecule has 0 heterocycles. The van der Waals surface area contributed by atoms with Gasteiger partial charge in [0, 0.05) is 0 Å². The van der Waals surface area contributed by atoms with E-state index in [0.29, 0.717) is 6.61 Å². The minimum absolute atomic E-state index is 0.126. The van der Waals surface area contributed by atoms with E-state index >= 15 is 0 Å². The lowest BCUT2D eigenvalue weighted by molar-refractivity contribution is -0.145. The molecule has 3 nitrogen and oxygen atoms in total. The molecule has 1 aromatic rings. The van der Waals surface area contributed by atoms with Crippen molar-refractivity contribution in [2.75, 3.05) is 6.61 Å². The van der Waals surface area contributed by atoms with E-state index in [1.165, 1.54) is 89.9 Å². The Bertz CT molecular complexity index is 552. The van der Waals surface area contributed by atoms with Crippen molar-refractivity contribution in [3.05, 3.63) is 29.8 Å². The van der Waals surface area contributed by atoms with Crippen LogP contribution in [0.4, 0.5) is 0 Å². The van der Waals surface area contributed by atoms with Crippen LogP contribution < -0.4 is 0 Å². The zero-order valence-corrected chi connectivity index (χ0v) is 21.1. The summed E-state index contributed by atoms with van der Waals surface area (Å²) < 4.78 is 5.56. The van der Waals surface area contributed by atoms with E-state index < -0.39 is 0 Å². The second kappa shape index (κ2) is 20.1. The number of hydrogen-bond acceptors (Lipinski definition) is 3. The van der Waals surface area contributed by atoms with Crippen molar-refractivity contribution in [2.24, 2.45) is 0 Å². The summed E-state index contributed by atoms with van der Waals surface area (Å²) in [4.78, 5) is 12.5. The maximum Gasteiger partial charge on any atom is 0.313 e. The standard InChI is InChI=1S/C29H50O3/c1-3-5-6-7-8-9-10-11-12-13-14-15-16-17-18-19-25-32-29(31)28(20-4-2)26-21-23-27(30)24-22-26/h21-24,28,30H,3-20,25H2,1-2H3. The molecule has 0 radical (unpaired) electrons. The monoisotopic (exact) mass is 446 g/mol. The number of rotatable bonds is 21. The van der Waals surface area contributed by atoms with E-state index in [4.69, 9.17) is 4.74 Å². The van der Waals surface area contributed by atoms with Crippen molar-refractivity contribution < 1.29 is 14.6 Å². The summed E-state index contributed by atoms with van der Waals surface area (Å²) in [5.74, 6) is -0.120. The van der Waals surface area contributed by atoms with Crippen molar-refractivity contribution in [3.8, 4) is 5.75 Å². The van der Waals surface area contributed by atoms with Crippen LogP contribution in [0, 0.1) is 0 Å². The first-order valence-electron chi connectivity index (χ1n) is 13.6. The summed E-state index contributed by atoms with van der Waals surface area (Å²) in [6.07, 6.45) is 23.2. The molecule has 0 amide bonds. The van der Waals surface area contributed by atoms with E-state index in [2.05, 4.69) is 13.8 Å². The maximum absolute atomic E-state index is 12.5. The molecular weight excluding hydrogens is 396 g/mol. The number of hydrogen-bond donors (Lipinski definition) is 1. The first-order chi connectivity index (χ1) is 15.7. The number of ether oxygens (including phenoxy) is 1. The van der Waals surface area contributed by atoms with E-state index in [0.717, 1.165) is 31.2 Å². The number of carbonyl (C=O) groups excluding carboxylic acids is 1. The molecule has 184 valence electrons. The van der Waals surface area contributed by atoms with Gasteiger partial charge in [0.2, 0.25) is 0 Å². The summed E-state index contributed by atoms with van der Waals surface area (Å²) >= 11 is 0. The molecule has 0 aliphatic carbocycles. The highest BCUT2D eigenvalue weighted by Crippen LogP contribution is 2.25. The Balaban J connectivity index is 1.94.